The molecule has 4 N–H and O–H groups in total. The highest BCUT2D eigenvalue weighted by molar-refractivity contribution is 7.89. The lowest BCUT2D eigenvalue weighted by molar-refractivity contribution is 0.288. The Balaban J connectivity index is 3.50. The van der Waals surface area contributed by atoms with E-state index in [4.69, 9.17) is 34.6 Å². The van der Waals surface area contributed by atoms with Crippen molar-refractivity contribution in [2.24, 2.45) is 0 Å². The molecular formula is C8H16N2O2S2. The Bertz CT molecular complexity index is 168. The van der Waals surface area contributed by atoms with E-state index in [0.717, 1.165) is 0 Å². The van der Waals surface area contributed by atoms with E-state index in [1.807, 2.05) is 0 Å². The lowest BCUT2D eigenvalue weighted by atomic mass is 10.4. The highest BCUT2D eigenvalue weighted by atomic mass is 32.1. The van der Waals surface area contributed by atoms with Crippen LogP contribution in [-0.4, -0.2) is 46.5 Å². The zero-order valence-corrected chi connectivity index (χ0v) is 9.59. The predicted octanol–water partition coefficient (Wildman–Crippen LogP) is -0.415. The maximum Gasteiger partial charge on any atom is 0.134 e. The first-order valence-corrected chi connectivity index (χ1v) is 5.31. The molecule has 6 heteroatoms. The summed E-state index contributed by atoms with van der Waals surface area (Å²) in [5, 5.41) is 22.9. The van der Waals surface area contributed by atoms with Crippen LogP contribution in [0.15, 0.2) is 0 Å². The second-order valence-electron chi connectivity index (χ2n) is 2.67. The van der Waals surface area contributed by atoms with Gasteiger partial charge in [-0.2, -0.15) is 0 Å². The van der Waals surface area contributed by atoms with Gasteiger partial charge < -0.3 is 20.8 Å². The number of hydrogen-bond acceptors (Lipinski definition) is 4. The minimum absolute atomic E-state index is 0.139. The Morgan fingerprint density at radius 2 is 1.21 bits per heavy atom. The molecule has 0 fully saturated rings. The topological polar surface area (TPSA) is 64.5 Å². The third-order valence-electron chi connectivity index (χ3n) is 1.45. The summed E-state index contributed by atoms with van der Waals surface area (Å²) in [6.07, 6.45) is 1.30. The molecule has 14 heavy (non-hydrogen) atoms. The van der Waals surface area contributed by atoms with E-state index >= 15 is 0 Å². The number of nitrogens with one attached hydrogen (secondary N) is 2. The SMILES string of the molecule is OCCCNC(=S)C(=S)NCCCO. The molecule has 0 aliphatic heterocycles. The second kappa shape index (κ2) is 9.26. The van der Waals surface area contributed by atoms with Crippen LogP contribution in [0.2, 0.25) is 0 Å². The van der Waals surface area contributed by atoms with Crippen molar-refractivity contribution in [3.8, 4) is 0 Å². The molecule has 0 saturated heterocycles. The molecule has 0 aliphatic rings. The molecule has 0 atom stereocenters. The first kappa shape index (κ1) is 13.7. The van der Waals surface area contributed by atoms with Gasteiger partial charge >= 0.3 is 0 Å². The Morgan fingerprint density at radius 1 is 0.857 bits per heavy atom. The van der Waals surface area contributed by atoms with E-state index in [2.05, 4.69) is 10.6 Å². The number of aliphatic hydroxyl groups is 2. The van der Waals surface area contributed by atoms with E-state index in [1.54, 1.807) is 0 Å². The maximum atomic E-state index is 8.53. The molecule has 82 valence electrons. The monoisotopic (exact) mass is 236 g/mol. The highest BCUT2D eigenvalue weighted by Crippen LogP contribution is 1.81. The van der Waals surface area contributed by atoms with Crippen molar-refractivity contribution in [1.82, 2.24) is 10.6 Å². The van der Waals surface area contributed by atoms with E-state index in [0.29, 0.717) is 35.9 Å². The van der Waals surface area contributed by atoms with Gasteiger partial charge in [0.15, 0.2) is 0 Å². The lowest BCUT2D eigenvalue weighted by Gasteiger charge is -2.09. The Hall–Kier alpha value is -0.300. The smallest absolute Gasteiger partial charge is 0.134 e. The third-order valence-corrected chi connectivity index (χ3v) is 2.27. The average molecular weight is 236 g/mol. The van der Waals surface area contributed by atoms with Gasteiger partial charge in [0.05, 0.1) is 0 Å². The van der Waals surface area contributed by atoms with Crippen molar-refractivity contribution in [3.63, 3.8) is 0 Å². The Morgan fingerprint density at radius 3 is 1.50 bits per heavy atom. The molecule has 4 nitrogen and oxygen atoms in total. The van der Waals surface area contributed by atoms with Crippen LogP contribution in [0.4, 0.5) is 0 Å². The summed E-state index contributed by atoms with van der Waals surface area (Å²) in [6, 6.07) is 0. The van der Waals surface area contributed by atoms with E-state index in [-0.39, 0.29) is 13.2 Å². The van der Waals surface area contributed by atoms with Crippen LogP contribution in [0.25, 0.3) is 0 Å². The first-order valence-electron chi connectivity index (χ1n) is 4.50. The predicted molar refractivity (Wildman–Crippen MR) is 64.6 cm³/mol. The van der Waals surface area contributed by atoms with Gasteiger partial charge in [0.25, 0.3) is 0 Å². The number of rotatable bonds is 6. The summed E-state index contributed by atoms with van der Waals surface area (Å²) in [5.74, 6) is 0. The molecule has 0 amide bonds. The summed E-state index contributed by atoms with van der Waals surface area (Å²) in [5.41, 5.74) is 0. The standard InChI is InChI=1S/C8H16N2O2S2/c11-5-1-3-9-7(13)8(14)10-4-2-6-12/h11-12H,1-6H2,(H,9,13)(H,10,14). The van der Waals surface area contributed by atoms with E-state index in [1.165, 1.54) is 0 Å². The normalized spacial score (nSPS) is 9.57. The minimum atomic E-state index is 0.139. The summed E-state index contributed by atoms with van der Waals surface area (Å²) in [6.45, 7) is 1.52. The van der Waals surface area contributed by atoms with E-state index in [9.17, 15) is 0 Å². The van der Waals surface area contributed by atoms with Crippen molar-refractivity contribution in [2.45, 2.75) is 12.8 Å². The first-order chi connectivity index (χ1) is 6.72. The van der Waals surface area contributed by atoms with E-state index < -0.39 is 0 Å². The van der Waals surface area contributed by atoms with Crippen molar-refractivity contribution in [2.75, 3.05) is 26.3 Å². The molecule has 0 aromatic carbocycles. The Labute approximate surface area is 94.7 Å². The molecule has 0 rings (SSSR count). The summed E-state index contributed by atoms with van der Waals surface area (Å²) < 4.78 is 0. The summed E-state index contributed by atoms with van der Waals surface area (Å²) in [4.78, 5) is 0.984. The maximum absolute atomic E-state index is 8.53. The van der Waals surface area contributed by atoms with Gasteiger partial charge in [0, 0.05) is 26.3 Å². The van der Waals surface area contributed by atoms with Crippen LogP contribution in [-0.2, 0) is 0 Å². The lowest BCUT2D eigenvalue weighted by Crippen LogP contribution is -2.38. The van der Waals surface area contributed by atoms with Crippen LogP contribution in [0.3, 0.4) is 0 Å². The minimum Gasteiger partial charge on any atom is -0.396 e. The zero-order chi connectivity index (χ0) is 10.8. The molecule has 0 radical (unpaired) electrons. The number of thiocarbonyl (C=S) groups is 2. The van der Waals surface area contributed by atoms with Crippen molar-refractivity contribution < 1.29 is 10.2 Å². The van der Waals surface area contributed by atoms with Gasteiger partial charge in [-0.05, 0) is 12.8 Å². The zero-order valence-electron chi connectivity index (χ0n) is 7.95. The fourth-order valence-corrected chi connectivity index (χ4v) is 1.07. The van der Waals surface area contributed by atoms with Gasteiger partial charge in [-0.15, -0.1) is 0 Å². The molecule has 0 heterocycles. The van der Waals surface area contributed by atoms with Gasteiger partial charge in [0.1, 0.15) is 9.98 Å². The number of aliphatic hydroxyl groups excluding tert-OH is 2. The van der Waals surface area contributed by atoms with Crippen molar-refractivity contribution >= 4 is 34.4 Å². The van der Waals surface area contributed by atoms with Gasteiger partial charge in [-0.3, -0.25) is 0 Å². The Kier molecular flexibility index (Phi) is 9.06. The molecule has 0 aliphatic carbocycles. The van der Waals surface area contributed by atoms with Crippen LogP contribution in [0.1, 0.15) is 12.8 Å². The van der Waals surface area contributed by atoms with Crippen LogP contribution in [0.5, 0.6) is 0 Å². The molecular weight excluding hydrogens is 220 g/mol. The largest absolute Gasteiger partial charge is 0.396 e. The quantitative estimate of drug-likeness (QED) is 0.371. The molecule has 0 bridgehead atoms. The van der Waals surface area contributed by atoms with Crippen LogP contribution in [0, 0.1) is 0 Å². The fourth-order valence-electron chi connectivity index (χ4n) is 0.723. The third kappa shape index (κ3) is 7.14. The highest BCUT2D eigenvalue weighted by Gasteiger charge is 2.01. The van der Waals surface area contributed by atoms with Gasteiger partial charge in [0.2, 0.25) is 0 Å². The molecule has 0 aromatic heterocycles. The van der Waals surface area contributed by atoms with Crippen LogP contribution < -0.4 is 10.6 Å². The second-order valence-corrected chi connectivity index (χ2v) is 3.48. The van der Waals surface area contributed by atoms with Gasteiger partial charge in [-0.25, -0.2) is 0 Å². The summed E-state index contributed by atoms with van der Waals surface area (Å²) in [7, 11) is 0. The molecule has 0 spiro atoms. The fraction of sp³-hybridized carbons (Fsp3) is 0.750. The van der Waals surface area contributed by atoms with Crippen molar-refractivity contribution in [3.05, 3.63) is 0 Å². The number of hydrogen-bond donors (Lipinski definition) is 4. The van der Waals surface area contributed by atoms with Gasteiger partial charge in [-0.1, -0.05) is 24.4 Å². The molecule has 0 aromatic rings. The van der Waals surface area contributed by atoms with Crippen LogP contribution >= 0.6 is 24.4 Å². The average Bonchev–Trinajstić information content (AvgIpc) is 2.18. The van der Waals surface area contributed by atoms with Crippen molar-refractivity contribution in [1.29, 1.82) is 0 Å². The summed E-state index contributed by atoms with van der Waals surface area (Å²) >= 11 is 9.96. The molecule has 0 unspecified atom stereocenters. The molecule has 0 saturated carbocycles.